The first-order valence-corrected chi connectivity index (χ1v) is 5.54. The van der Waals surface area contributed by atoms with Gasteiger partial charge in [-0.25, -0.2) is 4.90 Å². The van der Waals surface area contributed by atoms with E-state index in [4.69, 9.17) is 9.47 Å². The summed E-state index contributed by atoms with van der Waals surface area (Å²) in [6, 6.07) is -0.387. The van der Waals surface area contributed by atoms with E-state index in [1.165, 1.54) is 7.11 Å². The van der Waals surface area contributed by atoms with Gasteiger partial charge in [0.25, 0.3) is 0 Å². The Morgan fingerprint density at radius 3 is 2.62 bits per heavy atom. The van der Waals surface area contributed by atoms with Crippen molar-refractivity contribution in [1.29, 1.82) is 0 Å². The van der Waals surface area contributed by atoms with E-state index in [9.17, 15) is 9.90 Å². The van der Waals surface area contributed by atoms with Crippen LogP contribution in [0, 0.1) is 0 Å². The summed E-state index contributed by atoms with van der Waals surface area (Å²) < 4.78 is 10.1. The van der Waals surface area contributed by atoms with Gasteiger partial charge in [0.15, 0.2) is 0 Å². The molecule has 0 spiro atoms. The minimum absolute atomic E-state index is 0.311. The molecule has 1 aliphatic heterocycles. The second kappa shape index (κ2) is 5.12. The van der Waals surface area contributed by atoms with E-state index in [1.807, 2.05) is 20.8 Å². The van der Waals surface area contributed by atoms with E-state index in [2.05, 4.69) is 0 Å². The average molecular weight is 231 g/mol. The van der Waals surface area contributed by atoms with Gasteiger partial charge in [-0.1, -0.05) is 0 Å². The summed E-state index contributed by atoms with van der Waals surface area (Å²) in [4.78, 5) is 13.1. The van der Waals surface area contributed by atoms with Crippen molar-refractivity contribution >= 4 is 5.97 Å². The van der Waals surface area contributed by atoms with Crippen LogP contribution in [0.2, 0.25) is 0 Å². The smallest absolute Gasteiger partial charge is 0.323 e. The number of ether oxygens (including phenoxy) is 2. The van der Waals surface area contributed by atoms with E-state index in [0.29, 0.717) is 13.0 Å². The van der Waals surface area contributed by atoms with Gasteiger partial charge in [0, 0.05) is 6.54 Å². The number of hydrogen-bond donors (Lipinski definition) is 1. The quantitative estimate of drug-likeness (QED) is 0.573. The van der Waals surface area contributed by atoms with Crippen molar-refractivity contribution in [1.82, 2.24) is 4.90 Å². The summed E-state index contributed by atoms with van der Waals surface area (Å²) in [5.74, 6) is -0.311. The fourth-order valence-electron chi connectivity index (χ4n) is 1.83. The highest BCUT2D eigenvalue weighted by Crippen LogP contribution is 2.23. The van der Waals surface area contributed by atoms with Crippen molar-refractivity contribution in [3.05, 3.63) is 0 Å². The lowest BCUT2D eigenvalue weighted by molar-refractivity contribution is -0.243. The third-order valence-electron chi connectivity index (χ3n) is 2.51. The molecule has 0 radical (unpaired) electrons. The first kappa shape index (κ1) is 13.4. The van der Waals surface area contributed by atoms with E-state index in [1.54, 1.807) is 4.90 Å². The van der Waals surface area contributed by atoms with Crippen LogP contribution in [0.25, 0.3) is 0 Å². The van der Waals surface area contributed by atoms with Gasteiger partial charge in [-0.3, -0.25) is 4.79 Å². The number of likely N-dealkylation sites (tertiary alicyclic amines) is 1. The molecule has 1 N–H and O–H groups in total. The first-order valence-electron chi connectivity index (χ1n) is 5.54. The Morgan fingerprint density at radius 1 is 1.50 bits per heavy atom. The van der Waals surface area contributed by atoms with Gasteiger partial charge in [-0.05, 0) is 33.6 Å². The van der Waals surface area contributed by atoms with Gasteiger partial charge in [0.1, 0.15) is 6.04 Å². The van der Waals surface area contributed by atoms with Gasteiger partial charge in [-0.15, -0.1) is 0 Å². The molecule has 16 heavy (non-hydrogen) atoms. The molecular weight excluding hydrogens is 210 g/mol. The van der Waals surface area contributed by atoms with E-state index in [-0.39, 0.29) is 12.0 Å². The summed E-state index contributed by atoms with van der Waals surface area (Å²) in [6.07, 6.45) is 0.522. The highest BCUT2D eigenvalue weighted by molar-refractivity contribution is 5.75. The molecule has 5 nitrogen and oxygen atoms in total. The second-order valence-corrected chi connectivity index (χ2v) is 4.98. The summed E-state index contributed by atoms with van der Waals surface area (Å²) >= 11 is 0. The molecule has 0 aromatic rings. The van der Waals surface area contributed by atoms with Crippen LogP contribution in [0.5, 0.6) is 0 Å². The Kier molecular flexibility index (Phi) is 4.29. The van der Waals surface area contributed by atoms with Crippen molar-refractivity contribution in [2.24, 2.45) is 0 Å². The van der Waals surface area contributed by atoms with Crippen molar-refractivity contribution < 1.29 is 19.4 Å². The Morgan fingerprint density at radius 2 is 2.12 bits per heavy atom. The molecule has 1 rings (SSSR count). The molecule has 0 aromatic carbocycles. The molecule has 0 amide bonds. The molecule has 1 saturated heterocycles. The molecule has 5 heteroatoms. The number of aliphatic hydroxyl groups excluding tert-OH is 1. The van der Waals surface area contributed by atoms with Crippen LogP contribution in [0.3, 0.4) is 0 Å². The maximum Gasteiger partial charge on any atom is 0.323 e. The second-order valence-electron chi connectivity index (χ2n) is 4.98. The van der Waals surface area contributed by atoms with Crippen molar-refractivity contribution in [2.45, 2.75) is 51.7 Å². The van der Waals surface area contributed by atoms with E-state index >= 15 is 0 Å². The average Bonchev–Trinajstić information content (AvgIpc) is 2.62. The van der Waals surface area contributed by atoms with Gasteiger partial charge < -0.3 is 14.6 Å². The first-order chi connectivity index (χ1) is 7.35. The molecule has 2 atom stereocenters. The lowest BCUT2D eigenvalue weighted by atomic mass is 10.2. The molecule has 0 aromatic heterocycles. The Balaban J connectivity index is 2.61. The third kappa shape index (κ3) is 3.43. The molecule has 94 valence electrons. The van der Waals surface area contributed by atoms with Crippen LogP contribution in [-0.4, -0.2) is 47.7 Å². The predicted octanol–water partition coefficient (Wildman–Crippen LogP) is 0.715. The van der Waals surface area contributed by atoms with Crippen molar-refractivity contribution in [3.8, 4) is 0 Å². The number of carbonyl (C=O) groups is 1. The maximum absolute atomic E-state index is 11.5. The highest BCUT2D eigenvalue weighted by Gasteiger charge is 2.37. The zero-order chi connectivity index (χ0) is 12.3. The van der Waals surface area contributed by atoms with Crippen LogP contribution in [-0.2, 0) is 14.3 Å². The Bertz CT molecular complexity index is 249. The molecule has 0 bridgehead atoms. The Labute approximate surface area is 96.3 Å². The molecular formula is C11H21NO4. The molecule has 0 aliphatic carbocycles. The third-order valence-corrected chi connectivity index (χ3v) is 2.51. The summed E-state index contributed by atoms with van der Waals surface area (Å²) in [5.41, 5.74) is -0.442. The number of hydrogen-bond acceptors (Lipinski definition) is 5. The minimum atomic E-state index is -1.05. The maximum atomic E-state index is 11.5. The molecule has 1 heterocycles. The molecule has 0 saturated carbocycles. The molecule has 1 aliphatic rings. The van der Waals surface area contributed by atoms with Gasteiger partial charge >= 0.3 is 5.97 Å². The summed E-state index contributed by atoms with van der Waals surface area (Å²) in [5, 5.41) is 9.90. The minimum Gasteiger partial charge on any atom is -0.468 e. The SMILES string of the molecule is COC(=O)C1CCCN1C(O)OC(C)(C)C. The fourth-order valence-corrected chi connectivity index (χ4v) is 1.83. The Hall–Kier alpha value is -0.650. The standard InChI is InChI=1S/C11H21NO4/c1-11(2,3)16-10(14)12-7-5-6-8(12)9(13)15-4/h8,10,14H,5-7H2,1-4H3. The molecule has 2 unspecified atom stereocenters. The number of carbonyl (C=O) groups excluding carboxylic acids is 1. The largest absolute Gasteiger partial charge is 0.468 e. The van der Waals surface area contributed by atoms with Crippen LogP contribution in [0.15, 0.2) is 0 Å². The van der Waals surface area contributed by atoms with Crippen LogP contribution in [0.4, 0.5) is 0 Å². The van der Waals surface area contributed by atoms with Crippen LogP contribution >= 0.6 is 0 Å². The fraction of sp³-hybridized carbons (Fsp3) is 0.909. The number of aliphatic hydroxyl groups is 1. The van der Waals surface area contributed by atoms with Gasteiger partial charge in [0.2, 0.25) is 6.41 Å². The topological polar surface area (TPSA) is 59.0 Å². The van der Waals surface area contributed by atoms with Gasteiger partial charge in [-0.2, -0.15) is 0 Å². The summed E-state index contributed by atoms with van der Waals surface area (Å²) in [6.45, 7) is 6.23. The number of esters is 1. The highest BCUT2D eigenvalue weighted by atomic mass is 16.6. The van der Waals surface area contributed by atoms with Crippen LogP contribution in [0.1, 0.15) is 33.6 Å². The van der Waals surface area contributed by atoms with Crippen molar-refractivity contribution in [3.63, 3.8) is 0 Å². The zero-order valence-corrected chi connectivity index (χ0v) is 10.4. The number of nitrogens with zero attached hydrogens (tertiary/aromatic N) is 1. The monoisotopic (exact) mass is 231 g/mol. The molecule has 1 fully saturated rings. The number of rotatable bonds is 3. The van der Waals surface area contributed by atoms with Crippen LogP contribution < -0.4 is 0 Å². The van der Waals surface area contributed by atoms with Crippen molar-refractivity contribution in [2.75, 3.05) is 13.7 Å². The van der Waals surface area contributed by atoms with Gasteiger partial charge in [0.05, 0.1) is 12.7 Å². The summed E-state index contributed by atoms with van der Waals surface area (Å²) in [7, 11) is 1.36. The lowest BCUT2D eigenvalue weighted by Gasteiger charge is -2.32. The number of methoxy groups -OCH3 is 1. The zero-order valence-electron chi connectivity index (χ0n) is 10.4. The van der Waals surface area contributed by atoms with E-state index < -0.39 is 12.0 Å². The van der Waals surface area contributed by atoms with E-state index in [0.717, 1.165) is 6.42 Å². The predicted molar refractivity (Wildman–Crippen MR) is 58.6 cm³/mol. The normalized spacial score (nSPS) is 24.4. The lowest BCUT2D eigenvalue weighted by Crippen LogP contribution is -2.47.